The minimum absolute atomic E-state index is 0.00205. The Morgan fingerprint density at radius 3 is 2.71 bits per heavy atom. The van der Waals surface area contributed by atoms with Crippen molar-refractivity contribution in [3.63, 3.8) is 0 Å². The van der Waals surface area contributed by atoms with Crippen molar-refractivity contribution in [1.82, 2.24) is 14.3 Å². The second-order valence-corrected chi connectivity index (χ2v) is 9.10. The Hall–Kier alpha value is -3.76. The number of carbonyl (C=O) groups excluding carboxylic acids is 1. The number of ether oxygens (including phenoxy) is 1. The average molecular weight is 494 g/mol. The van der Waals surface area contributed by atoms with Gasteiger partial charge in [0.05, 0.1) is 17.7 Å². The van der Waals surface area contributed by atoms with E-state index in [0.717, 1.165) is 17.3 Å². The number of carbonyl (C=O) groups is 1. The third kappa shape index (κ3) is 4.13. The van der Waals surface area contributed by atoms with E-state index >= 15 is 0 Å². The van der Waals surface area contributed by atoms with Gasteiger partial charge in [-0.3, -0.25) is 18.9 Å². The van der Waals surface area contributed by atoms with E-state index in [0.29, 0.717) is 21.5 Å². The minimum atomic E-state index is -0.421. The van der Waals surface area contributed by atoms with E-state index in [1.165, 1.54) is 45.9 Å². The number of hydrogen-bond donors (Lipinski definition) is 0. The summed E-state index contributed by atoms with van der Waals surface area (Å²) in [6, 6.07) is 12.4. The van der Waals surface area contributed by atoms with Crippen LogP contribution in [0.15, 0.2) is 75.1 Å². The Kier molecular flexibility index (Phi) is 5.76. The van der Waals surface area contributed by atoms with E-state index in [4.69, 9.17) is 21.4 Å². The van der Waals surface area contributed by atoms with Crippen LogP contribution in [-0.4, -0.2) is 24.5 Å². The van der Waals surface area contributed by atoms with E-state index < -0.39 is 11.4 Å². The van der Waals surface area contributed by atoms with Crippen LogP contribution in [0.4, 0.5) is 4.39 Å². The van der Waals surface area contributed by atoms with Crippen molar-refractivity contribution in [3.05, 3.63) is 99.0 Å². The van der Waals surface area contributed by atoms with Gasteiger partial charge in [-0.15, -0.1) is 0 Å². The first-order valence-electron chi connectivity index (χ1n) is 10.1. The molecular formula is C24H16FN3O4S2. The SMILES string of the molecule is Cc1cccn2c(=O)c(C=C3SC(=S)N(Cc4ccco4)C3=O)c(Oc3ccc(F)cc3)nc12. The Labute approximate surface area is 202 Å². The number of nitrogens with zero attached hydrogens (tertiary/aromatic N) is 3. The van der Waals surface area contributed by atoms with Gasteiger partial charge in [-0.25, -0.2) is 4.39 Å². The molecule has 0 saturated carbocycles. The van der Waals surface area contributed by atoms with Crippen molar-refractivity contribution in [2.45, 2.75) is 13.5 Å². The highest BCUT2D eigenvalue weighted by molar-refractivity contribution is 8.26. The van der Waals surface area contributed by atoms with Crippen molar-refractivity contribution in [1.29, 1.82) is 0 Å². The number of furan rings is 1. The molecule has 4 heterocycles. The first-order chi connectivity index (χ1) is 16.4. The molecule has 0 N–H and O–H groups in total. The van der Waals surface area contributed by atoms with Gasteiger partial charge in [0.2, 0.25) is 5.88 Å². The lowest BCUT2D eigenvalue weighted by Gasteiger charge is -2.12. The van der Waals surface area contributed by atoms with Crippen molar-refractivity contribution >= 4 is 45.9 Å². The molecule has 4 aromatic rings. The second kappa shape index (κ2) is 8.88. The van der Waals surface area contributed by atoms with Crippen LogP contribution in [0.1, 0.15) is 16.9 Å². The van der Waals surface area contributed by atoms with E-state index in [2.05, 4.69) is 4.98 Å². The third-order valence-corrected chi connectivity index (χ3v) is 6.50. The van der Waals surface area contributed by atoms with Crippen molar-refractivity contribution in [2.24, 2.45) is 0 Å². The number of thioether (sulfide) groups is 1. The fraction of sp³-hybridized carbons (Fsp3) is 0.0833. The predicted octanol–water partition coefficient (Wildman–Crippen LogP) is 4.93. The van der Waals surface area contributed by atoms with Crippen LogP contribution >= 0.6 is 24.0 Å². The van der Waals surface area contributed by atoms with Gasteiger partial charge in [0, 0.05) is 6.20 Å². The highest BCUT2D eigenvalue weighted by Gasteiger charge is 2.33. The fourth-order valence-corrected chi connectivity index (χ4v) is 4.67. The highest BCUT2D eigenvalue weighted by Crippen LogP contribution is 2.35. The number of thiocarbonyl (C=S) groups is 1. The number of halogens is 1. The number of aromatic nitrogens is 2. The molecular weight excluding hydrogens is 477 g/mol. The number of fused-ring (bicyclic) bond motifs is 1. The summed E-state index contributed by atoms with van der Waals surface area (Å²) in [5.74, 6) is 0.109. The molecule has 7 nitrogen and oxygen atoms in total. The van der Waals surface area contributed by atoms with Gasteiger partial charge in [-0.2, -0.15) is 4.98 Å². The van der Waals surface area contributed by atoms with Crippen molar-refractivity contribution < 1.29 is 18.3 Å². The molecule has 1 aliphatic rings. The topological polar surface area (TPSA) is 77.0 Å². The number of rotatable bonds is 5. The number of benzene rings is 1. The lowest BCUT2D eigenvalue weighted by Crippen LogP contribution is -2.27. The summed E-state index contributed by atoms with van der Waals surface area (Å²) in [6.45, 7) is 2.00. The normalized spacial score (nSPS) is 15.0. The Morgan fingerprint density at radius 2 is 1.97 bits per heavy atom. The number of aryl methyl sites for hydroxylation is 1. The van der Waals surface area contributed by atoms with E-state index in [9.17, 15) is 14.0 Å². The zero-order valence-electron chi connectivity index (χ0n) is 17.7. The second-order valence-electron chi connectivity index (χ2n) is 7.42. The molecule has 1 fully saturated rings. The van der Waals surface area contributed by atoms with Gasteiger partial charge < -0.3 is 9.15 Å². The fourth-order valence-electron chi connectivity index (χ4n) is 3.43. The molecule has 5 rings (SSSR count). The van der Waals surface area contributed by atoms with Crippen molar-refractivity contribution in [3.8, 4) is 11.6 Å². The quantitative estimate of drug-likeness (QED) is 0.288. The maximum Gasteiger partial charge on any atom is 0.269 e. The highest BCUT2D eigenvalue weighted by atomic mass is 32.2. The van der Waals surface area contributed by atoms with Gasteiger partial charge in [-0.05, 0) is 61.0 Å². The maximum absolute atomic E-state index is 13.4. The standard InChI is InChI=1S/C24H16FN3O4S2/c1-14-4-2-10-27-20(14)26-21(32-16-8-6-15(25)7-9-16)18(22(27)29)12-19-23(30)28(24(33)34-19)13-17-5-3-11-31-17/h2-12H,13H2,1H3. The van der Waals surface area contributed by atoms with E-state index in [1.807, 2.05) is 13.0 Å². The summed E-state index contributed by atoms with van der Waals surface area (Å²) in [5.41, 5.74) is 0.833. The Balaban J connectivity index is 1.60. The van der Waals surface area contributed by atoms with Crippen LogP contribution in [0.3, 0.4) is 0 Å². The molecule has 3 aromatic heterocycles. The Morgan fingerprint density at radius 1 is 1.18 bits per heavy atom. The third-order valence-electron chi connectivity index (χ3n) is 5.12. The van der Waals surface area contributed by atoms with Crippen LogP contribution in [0, 0.1) is 12.7 Å². The molecule has 1 aliphatic heterocycles. The number of hydrogen-bond acceptors (Lipinski definition) is 7. The number of amides is 1. The summed E-state index contributed by atoms with van der Waals surface area (Å²) in [6.07, 6.45) is 4.55. The smallest absolute Gasteiger partial charge is 0.269 e. The first-order valence-corrected chi connectivity index (χ1v) is 11.4. The monoisotopic (exact) mass is 493 g/mol. The van der Waals surface area contributed by atoms with Crippen LogP contribution in [0.5, 0.6) is 11.6 Å². The van der Waals surface area contributed by atoms with Gasteiger partial charge >= 0.3 is 0 Å². The summed E-state index contributed by atoms with van der Waals surface area (Å²) in [7, 11) is 0. The maximum atomic E-state index is 13.4. The lowest BCUT2D eigenvalue weighted by molar-refractivity contribution is -0.122. The van der Waals surface area contributed by atoms with E-state index in [1.54, 1.807) is 24.4 Å². The molecule has 0 aliphatic carbocycles. The van der Waals surface area contributed by atoms with Crippen molar-refractivity contribution in [2.75, 3.05) is 0 Å². The van der Waals surface area contributed by atoms with Crippen LogP contribution in [-0.2, 0) is 11.3 Å². The molecule has 1 amide bonds. The summed E-state index contributed by atoms with van der Waals surface area (Å²) in [4.78, 5) is 32.7. The van der Waals surface area contributed by atoms with Gasteiger partial charge in [-0.1, -0.05) is 30.0 Å². The molecule has 1 saturated heterocycles. The molecule has 1 aromatic carbocycles. The van der Waals surface area contributed by atoms with Gasteiger partial charge in [0.1, 0.15) is 32.9 Å². The molecule has 0 radical (unpaired) electrons. The molecule has 10 heteroatoms. The zero-order chi connectivity index (χ0) is 23.8. The van der Waals surface area contributed by atoms with Crippen LogP contribution in [0.25, 0.3) is 11.7 Å². The molecule has 34 heavy (non-hydrogen) atoms. The van der Waals surface area contributed by atoms with Crippen LogP contribution < -0.4 is 10.3 Å². The first kappa shape index (κ1) is 22.1. The minimum Gasteiger partial charge on any atom is -0.467 e. The number of pyridine rings is 1. The largest absolute Gasteiger partial charge is 0.467 e. The van der Waals surface area contributed by atoms with Gasteiger partial charge in [0.25, 0.3) is 11.5 Å². The summed E-state index contributed by atoms with van der Waals surface area (Å²) < 4.78 is 26.3. The average Bonchev–Trinajstić information content (AvgIpc) is 3.42. The zero-order valence-corrected chi connectivity index (χ0v) is 19.4. The molecule has 0 bridgehead atoms. The summed E-state index contributed by atoms with van der Waals surface area (Å²) >= 11 is 6.46. The van der Waals surface area contributed by atoms with Gasteiger partial charge in [0.15, 0.2) is 0 Å². The lowest BCUT2D eigenvalue weighted by atomic mass is 10.2. The van der Waals surface area contributed by atoms with Crippen LogP contribution in [0.2, 0.25) is 0 Å². The summed E-state index contributed by atoms with van der Waals surface area (Å²) in [5, 5.41) is 0. The molecule has 170 valence electrons. The Bertz CT molecular complexity index is 1510. The molecule has 0 spiro atoms. The molecule has 0 atom stereocenters. The van der Waals surface area contributed by atoms with E-state index in [-0.39, 0.29) is 28.8 Å². The predicted molar refractivity (Wildman–Crippen MR) is 130 cm³/mol. The molecule has 0 unspecified atom stereocenters.